The zero-order valence-corrected chi connectivity index (χ0v) is 48.3. The van der Waals surface area contributed by atoms with E-state index in [1.165, 1.54) is 161 Å². The number of carbonyl (C=O) groups excluding carboxylic acids is 2. The van der Waals surface area contributed by atoms with Gasteiger partial charge < -0.3 is 0 Å². The number of fused-ring (bicyclic) bond motifs is 7. The molecular weight excluding hydrogens is 1010 g/mol. The highest BCUT2D eigenvalue weighted by molar-refractivity contribution is 7.30. The molecule has 2 nitrogen and oxygen atoms in total. The number of rotatable bonds is 23. The first-order valence-corrected chi connectivity index (χ1v) is 32.3. The van der Waals surface area contributed by atoms with E-state index < -0.39 is 0 Å². The molecule has 8 heterocycles. The number of unbranched alkanes of at least 4 members (excludes halogenated alkanes) is 11. The van der Waals surface area contributed by atoms with Gasteiger partial charge in [0.05, 0.1) is 14.5 Å². The zero-order valence-electron chi connectivity index (χ0n) is 41.8. The molecule has 1 aliphatic carbocycles. The van der Waals surface area contributed by atoms with Crippen molar-refractivity contribution in [3.8, 4) is 29.3 Å². The number of hydrogen-bond donors (Lipinski definition) is 0. The van der Waals surface area contributed by atoms with Crippen molar-refractivity contribution >= 4 is 144 Å². The molecule has 0 amide bonds. The third-order valence-electron chi connectivity index (χ3n) is 14.1. The van der Waals surface area contributed by atoms with Gasteiger partial charge in [0.15, 0.2) is 11.6 Å². The largest absolute Gasteiger partial charge is 0.293 e. The first-order chi connectivity index (χ1) is 34.1. The third kappa shape index (κ3) is 9.91. The zero-order chi connectivity index (χ0) is 48.6. The molecule has 1 aliphatic rings. The van der Waals surface area contributed by atoms with Crippen LogP contribution in [0.2, 0.25) is 0 Å². The number of benzene rings is 1. The minimum atomic E-state index is 0.169. The quantitative estimate of drug-likeness (QED) is 0.0473. The molecule has 0 N–H and O–H groups in total. The summed E-state index contributed by atoms with van der Waals surface area (Å²) in [5, 5.41) is 6.01. The van der Waals surface area contributed by atoms with Crippen LogP contribution in [0, 0.1) is 27.7 Å². The van der Waals surface area contributed by atoms with Gasteiger partial charge in [-0.1, -0.05) is 91.4 Å². The molecule has 10 rings (SSSR count). The summed E-state index contributed by atoms with van der Waals surface area (Å²) in [5.41, 5.74) is 4.50. The Morgan fingerprint density at radius 3 is 1.53 bits per heavy atom. The molecular formula is C60H64O2S8. The lowest BCUT2D eigenvalue weighted by atomic mass is 10.0. The first kappa shape index (κ1) is 50.2. The lowest BCUT2D eigenvalue weighted by Crippen LogP contribution is -2.25. The van der Waals surface area contributed by atoms with Crippen molar-refractivity contribution in [3.05, 3.63) is 110 Å². The summed E-state index contributed by atoms with van der Waals surface area (Å²) >= 11 is 14.7. The smallest absolute Gasteiger partial charge is 0.197 e. The summed E-state index contributed by atoms with van der Waals surface area (Å²) in [6, 6.07) is 20.9. The minimum Gasteiger partial charge on any atom is -0.293 e. The topological polar surface area (TPSA) is 34.1 Å². The Balaban J connectivity index is 1.20. The van der Waals surface area contributed by atoms with E-state index >= 15 is 4.79 Å². The number of ketones is 2. The van der Waals surface area contributed by atoms with E-state index in [4.69, 9.17) is 0 Å². The SMILES string of the molecule is CCCCCCCCC(=O)c1cc2c(C)sc(-c3sc(C4=c5c(c6sc(-c7ccc(C)s7)cc6c6cc(-c7ccc(C)s7)sc56)=C(c5cc(CCCCCC)c(C)s5)C4=O)cc3CCCCCC)c2s1. The highest BCUT2D eigenvalue weighted by Crippen LogP contribution is 2.50. The van der Waals surface area contributed by atoms with E-state index in [1.807, 2.05) is 79.4 Å². The van der Waals surface area contributed by atoms with Gasteiger partial charge in [0.2, 0.25) is 0 Å². The average Bonchev–Trinajstić information content (AvgIpc) is 4.20. The number of aryl methyl sites for hydroxylation is 6. The van der Waals surface area contributed by atoms with Gasteiger partial charge in [0.1, 0.15) is 0 Å². The summed E-state index contributed by atoms with van der Waals surface area (Å²) in [5.74, 6) is 0.454. The van der Waals surface area contributed by atoms with Crippen molar-refractivity contribution in [2.45, 2.75) is 158 Å². The van der Waals surface area contributed by atoms with Crippen LogP contribution in [0.3, 0.4) is 0 Å². The van der Waals surface area contributed by atoms with E-state index in [1.54, 1.807) is 11.3 Å². The Hall–Kier alpha value is -3.32. The molecule has 70 heavy (non-hydrogen) atoms. The van der Waals surface area contributed by atoms with Crippen LogP contribution in [-0.2, 0) is 17.6 Å². The molecule has 0 atom stereocenters. The molecule has 8 aromatic heterocycles. The summed E-state index contributed by atoms with van der Waals surface area (Å²) in [6.07, 6.45) is 19.3. The lowest BCUT2D eigenvalue weighted by molar-refractivity contribution is -0.108. The molecule has 0 radical (unpaired) electrons. The monoisotopic (exact) mass is 1070 g/mol. The molecule has 9 aromatic rings. The second kappa shape index (κ2) is 22.0. The standard InChI is InChI=1S/C60H64O2S8/c1-8-11-14-17-18-21-24-43(61)46-31-40-37(7)66-60(59(40)67-46)56-39(23-20-16-13-10-3)30-50(70-56)52-54-53(51(55(52)62)49-29-38(36(6)65-49)22-19-15-12-9-2)57-41(32-47(68-57)44-27-25-34(4)63-44)42-33-48(69-58(42)54)45-28-26-35(5)64-45/h25-33H,8-24H2,1-7H3. The van der Waals surface area contributed by atoms with Crippen molar-refractivity contribution < 1.29 is 9.59 Å². The summed E-state index contributed by atoms with van der Waals surface area (Å²) < 4.78 is 3.69. The van der Waals surface area contributed by atoms with Gasteiger partial charge in [0, 0.05) is 107 Å². The fraction of sp³-hybridized carbons (Fsp3) is 0.400. The highest BCUT2D eigenvalue weighted by atomic mass is 32.1. The van der Waals surface area contributed by atoms with Crippen molar-refractivity contribution in [3.63, 3.8) is 0 Å². The first-order valence-electron chi connectivity index (χ1n) is 25.8. The van der Waals surface area contributed by atoms with Gasteiger partial charge in [-0.25, -0.2) is 0 Å². The fourth-order valence-corrected chi connectivity index (χ4v) is 19.8. The predicted octanol–water partition coefficient (Wildman–Crippen LogP) is 20.0. The van der Waals surface area contributed by atoms with Crippen LogP contribution in [-0.4, -0.2) is 11.6 Å². The third-order valence-corrected chi connectivity index (χ3v) is 23.7. The van der Waals surface area contributed by atoms with Crippen molar-refractivity contribution in [1.82, 2.24) is 0 Å². The van der Waals surface area contributed by atoms with Crippen LogP contribution in [0.4, 0.5) is 0 Å². The van der Waals surface area contributed by atoms with Crippen LogP contribution in [0.15, 0.2) is 54.6 Å². The van der Waals surface area contributed by atoms with Crippen LogP contribution in [0.25, 0.3) is 70.7 Å². The maximum atomic E-state index is 16.2. The summed E-state index contributed by atoms with van der Waals surface area (Å²) in [6.45, 7) is 15.7. The maximum Gasteiger partial charge on any atom is 0.197 e. The molecule has 0 saturated carbocycles. The van der Waals surface area contributed by atoms with Crippen molar-refractivity contribution in [1.29, 1.82) is 0 Å². The van der Waals surface area contributed by atoms with E-state index in [2.05, 4.69) is 103 Å². The second-order valence-electron chi connectivity index (χ2n) is 19.4. The summed E-state index contributed by atoms with van der Waals surface area (Å²) in [4.78, 5) is 45.9. The van der Waals surface area contributed by atoms with E-state index in [-0.39, 0.29) is 11.6 Å². The summed E-state index contributed by atoms with van der Waals surface area (Å²) in [7, 11) is 0. The van der Waals surface area contributed by atoms with Crippen LogP contribution in [0.5, 0.6) is 0 Å². The molecule has 364 valence electrons. The molecule has 0 unspecified atom stereocenters. The maximum absolute atomic E-state index is 16.2. The van der Waals surface area contributed by atoms with Gasteiger partial charge in [0.25, 0.3) is 0 Å². The van der Waals surface area contributed by atoms with Gasteiger partial charge in [-0.3, -0.25) is 9.59 Å². The lowest BCUT2D eigenvalue weighted by Gasteiger charge is -2.03. The van der Waals surface area contributed by atoms with Gasteiger partial charge in [-0.2, -0.15) is 0 Å². The molecule has 0 saturated heterocycles. The van der Waals surface area contributed by atoms with E-state index in [9.17, 15) is 4.79 Å². The number of carbonyl (C=O) groups is 2. The Bertz CT molecular complexity index is 3500. The van der Waals surface area contributed by atoms with Crippen LogP contribution < -0.4 is 10.4 Å². The molecule has 10 heteroatoms. The Morgan fingerprint density at radius 2 is 0.957 bits per heavy atom. The minimum absolute atomic E-state index is 0.169. The highest BCUT2D eigenvalue weighted by Gasteiger charge is 2.34. The number of Topliss-reactive ketones (excluding diaryl/α,β-unsaturated/α-hetero) is 2. The van der Waals surface area contributed by atoms with Crippen LogP contribution >= 0.6 is 90.7 Å². The fourth-order valence-electron chi connectivity index (χ4n) is 10.3. The van der Waals surface area contributed by atoms with Gasteiger partial charge >= 0.3 is 0 Å². The van der Waals surface area contributed by atoms with Crippen molar-refractivity contribution in [2.24, 2.45) is 0 Å². The Labute approximate surface area is 446 Å². The number of hydrogen-bond acceptors (Lipinski definition) is 10. The Morgan fingerprint density at radius 1 is 0.429 bits per heavy atom. The molecule has 0 aliphatic heterocycles. The molecule has 0 fully saturated rings. The number of thiophene rings is 8. The molecule has 0 bridgehead atoms. The van der Waals surface area contributed by atoms with Gasteiger partial charge in [-0.05, 0) is 126 Å². The van der Waals surface area contributed by atoms with Crippen LogP contribution in [0.1, 0.15) is 167 Å². The van der Waals surface area contributed by atoms with E-state index in [0.29, 0.717) is 6.42 Å². The van der Waals surface area contributed by atoms with E-state index in [0.717, 1.165) is 68.3 Å². The normalized spacial score (nSPS) is 12.9. The predicted molar refractivity (Wildman–Crippen MR) is 317 cm³/mol. The second-order valence-corrected chi connectivity index (χ2v) is 28.7. The van der Waals surface area contributed by atoms with Gasteiger partial charge in [-0.15, -0.1) is 90.7 Å². The van der Waals surface area contributed by atoms with Crippen molar-refractivity contribution in [2.75, 3.05) is 0 Å². The average molecular weight is 1070 g/mol. The molecule has 1 aromatic carbocycles. The Kier molecular flexibility index (Phi) is 15.8. The molecule has 0 spiro atoms.